The van der Waals surface area contributed by atoms with Gasteiger partial charge in [0.15, 0.2) is 11.5 Å². The fourth-order valence-electron chi connectivity index (χ4n) is 2.48. The molecule has 0 aliphatic carbocycles. The van der Waals surface area contributed by atoms with E-state index in [4.69, 9.17) is 9.47 Å². The molecule has 1 aromatic carbocycles. The number of nitrogens with one attached hydrogen (secondary N) is 1. The van der Waals surface area contributed by atoms with Gasteiger partial charge in [-0.1, -0.05) is 24.8 Å². The smallest absolute Gasteiger partial charge is 0.233 e. The van der Waals surface area contributed by atoms with Crippen LogP contribution in [0.4, 0.5) is 0 Å². The van der Waals surface area contributed by atoms with Crippen LogP contribution in [0.5, 0.6) is 11.5 Å². The van der Waals surface area contributed by atoms with E-state index in [1.54, 1.807) is 19.1 Å². The Morgan fingerprint density at radius 1 is 1.23 bits per heavy atom. The first-order valence-corrected chi connectivity index (χ1v) is 9.62. The van der Waals surface area contributed by atoms with Crippen molar-refractivity contribution < 1.29 is 14.3 Å². The molecule has 0 bridgehead atoms. The van der Waals surface area contributed by atoms with Crippen LogP contribution in [0.2, 0.25) is 0 Å². The van der Waals surface area contributed by atoms with Crippen LogP contribution >= 0.6 is 11.8 Å². The van der Waals surface area contributed by atoms with E-state index in [1.165, 1.54) is 11.8 Å². The molecular weight excluding hydrogens is 352 g/mol. The molecule has 7 nitrogen and oxygen atoms in total. The Balaban J connectivity index is 1.95. The average Bonchev–Trinajstić information content (AvgIpc) is 3.11. The van der Waals surface area contributed by atoms with E-state index in [1.807, 2.05) is 25.1 Å². The predicted molar refractivity (Wildman–Crippen MR) is 102 cm³/mol. The minimum atomic E-state index is 0.0501. The van der Waals surface area contributed by atoms with Gasteiger partial charge in [-0.2, -0.15) is 0 Å². The second-order valence-corrected chi connectivity index (χ2v) is 6.64. The van der Waals surface area contributed by atoms with Crippen molar-refractivity contribution in [1.29, 1.82) is 0 Å². The zero-order valence-corrected chi connectivity index (χ0v) is 16.6. The fourth-order valence-corrected chi connectivity index (χ4v) is 3.20. The van der Waals surface area contributed by atoms with Crippen molar-refractivity contribution in [2.75, 3.05) is 26.5 Å². The van der Waals surface area contributed by atoms with E-state index in [0.29, 0.717) is 35.5 Å². The van der Waals surface area contributed by atoms with Crippen molar-refractivity contribution in [2.24, 2.45) is 0 Å². The molecule has 1 amide bonds. The van der Waals surface area contributed by atoms with Gasteiger partial charge in [0.1, 0.15) is 5.82 Å². The molecule has 0 fully saturated rings. The number of thioether (sulfide) groups is 1. The topological polar surface area (TPSA) is 80.3 Å². The Kier molecular flexibility index (Phi) is 7.77. The second kappa shape index (κ2) is 10.1. The Bertz CT molecular complexity index is 720. The predicted octanol–water partition coefficient (Wildman–Crippen LogP) is 2.92. The summed E-state index contributed by atoms with van der Waals surface area (Å²) in [7, 11) is 3.20. The number of rotatable bonds is 10. The minimum Gasteiger partial charge on any atom is -0.493 e. The maximum absolute atomic E-state index is 12.5. The highest BCUT2D eigenvalue weighted by Gasteiger charge is 2.15. The molecule has 142 valence electrons. The molecule has 1 aromatic heterocycles. The maximum Gasteiger partial charge on any atom is 0.233 e. The number of hydrogen-bond donors (Lipinski definition) is 1. The molecule has 0 atom stereocenters. The van der Waals surface area contributed by atoms with Crippen LogP contribution in [-0.2, 0) is 17.8 Å². The van der Waals surface area contributed by atoms with E-state index in [9.17, 15) is 4.79 Å². The normalized spacial score (nSPS) is 10.6. The second-order valence-electron chi connectivity index (χ2n) is 5.70. The molecule has 0 spiro atoms. The number of carbonyl (C=O) groups excluding carboxylic acids is 1. The number of hydrogen-bond acceptors (Lipinski definition) is 6. The monoisotopic (exact) mass is 378 g/mol. The summed E-state index contributed by atoms with van der Waals surface area (Å²) in [6, 6.07) is 5.69. The zero-order valence-electron chi connectivity index (χ0n) is 15.7. The molecule has 8 heteroatoms. The van der Waals surface area contributed by atoms with Crippen molar-refractivity contribution in [3.8, 4) is 11.5 Å². The van der Waals surface area contributed by atoms with E-state index in [0.717, 1.165) is 24.2 Å². The molecule has 0 aliphatic heterocycles. The first-order valence-electron chi connectivity index (χ1n) is 8.64. The highest BCUT2D eigenvalue weighted by atomic mass is 32.2. The number of nitrogens with zero attached hydrogens (tertiary/aromatic N) is 3. The van der Waals surface area contributed by atoms with E-state index in [-0.39, 0.29) is 5.91 Å². The SMILES string of the molecule is CCCc1nc(SCC(=O)N(CC)Cc2ccc(OC)c(OC)c2)n[nH]1. The van der Waals surface area contributed by atoms with Crippen molar-refractivity contribution in [3.63, 3.8) is 0 Å². The van der Waals surface area contributed by atoms with Gasteiger partial charge in [0, 0.05) is 19.5 Å². The minimum absolute atomic E-state index is 0.0501. The van der Waals surface area contributed by atoms with E-state index < -0.39 is 0 Å². The molecule has 0 saturated carbocycles. The third-order valence-electron chi connectivity index (χ3n) is 3.88. The molecule has 0 saturated heterocycles. The summed E-state index contributed by atoms with van der Waals surface area (Å²) in [5.41, 5.74) is 0.992. The summed E-state index contributed by atoms with van der Waals surface area (Å²) in [4.78, 5) is 18.7. The quantitative estimate of drug-likeness (QED) is 0.640. The van der Waals surface area contributed by atoms with Gasteiger partial charge >= 0.3 is 0 Å². The van der Waals surface area contributed by atoms with Gasteiger partial charge in [-0.05, 0) is 31.0 Å². The summed E-state index contributed by atoms with van der Waals surface area (Å²) in [5, 5.41) is 7.66. The van der Waals surface area contributed by atoms with Gasteiger partial charge in [0.25, 0.3) is 0 Å². The molecular formula is C18H26N4O3S. The average molecular weight is 378 g/mol. The molecule has 2 aromatic rings. The number of aromatic nitrogens is 3. The largest absolute Gasteiger partial charge is 0.493 e. The van der Waals surface area contributed by atoms with Crippen LogP contribution in [0.1, 0.15) is 31.7 Å². The lowest BCUT2D eigenvalue weighted by Gasteiger charge is -2.21. The van der Waals surface area contributed by atoms with Crippen LogP contribution in [0.3, 0.4) is 0 Å². The van der Waals surface area contributed by atoms with Crippen LogP contribution < -0.4 is 9.47 Å². The number of ether oxygens (including phenoxy) is 2. The van der Waals surface area contributed by atoms with Gasteiger partial charge in [-0.25, -0.2) is 4.98 Å². The van der Waals surface area contributed by atoms with Gasteiger partial charge in [-0.15, -0.1) is 5.10 Å². The molecule has 26 heavy (non-hydrogen) atoms. The van der Waals surface area contributed by atoms with Gasteiger partial charge in [0.05, 0.1) is 20.0 Å². The molecule has 1 N–H and O–H groups in total. The summed E-state index contributed by atoms with van der Waals surface area (Å²) < 4.78 is 10.6. The van der Waals surface area contributed by atoms with E-state index in [2.05, 4.69) is 22.1 Å². The number of aryl methyl sites for hydroxylation is 1. The van der Waals surface area contributed by atoms with Crippen molar-refractivity contribution in [3.05, 3.63) is 29.6 Å². The van der Waals surface area contributed by atoms with Crippen LogP contribution in [-0.4, -0.2) is 52.5 Å². The summed E-state index contributed by atoms with van der Waals surface area (Å²) in [5.74, 6) is 2.56. The number of H-pyrrole nitrogens is 1. The Morgan fingerprint density at radius 3 is 2.65 bits per heavy atom. The molecule has 2 rings (SSSR count). The number of benzene rings is 1. The van der Waals surface area contributed by atoms with Crippen LogP contribution in [0.15, 0.2) is 23.4 Å². The lowest BCUT2D eigenvalue weighted by molar-refractivity contribution is -0.128. The molecule has 0 aliphatic rings. The number of methoxy groups -OCH3 is 2. The summed E-state index contributed by atoms with van der Waals surface area (Å²) in [6.07, 6.45) is 1.87. The number of carbonyl (C=O) groups is 1. The number of amides is 1. The first-order chi connectivity index (χ1) is 12.6. The lowest BCUT2D eigenvalue weighted by Crippen LogP contribution is -2.31. The Hall–Kier alpha value is -2.22. The summed E-state index contributed by atoms with van der Waals surface area (Å²) in [6.45, 7) is 5.20. The van der Waals surface area contributed by atoms with Crippen molar-refractivity contribution >= 4 is 17.7 Å². The van der Waals surface area contributed by atoms with Crippen molar-refractivity contribution in [1.82, 2.24) is 20.1 Å². The standard InChI is InChI=1S/C18H26N4O3S/c1-5-7-16-19-18(21-20-16)26-12-17(23)22(6-2)11-13-8-9-14(24-3)15(10-13)25-4/h8-10H,5-7,11-12H2,1-4H3,(H,19,20,21). The van der Waals surface area contributed by atoms with Crippen LogP contribution in [0, 0.1) is 0 Å². The maximum atomic E-state index is 12.5. The van der Waals surface area contributed by atoms with Crippen LogP contribution in [0.25, 0.3) is 0 Å². The Morgan fingerprint density at radius 2 is 2.00 bits per heavy atom. The summed E-state index contributed by atoms with van der Waals surface area (Å²) >= 11 is 1.35. The van der Waals surface area contributed by atoms with Gasteiger partial charge in [-0.3, -0.25) is 9.89 Å². The number of aromatic amines is 1. The molecule has 0 radical (unpaired) electrons. The highest BCUT2D eigenvalue weighted by Crippen LogP contribution is 2.28. The highest BCUT2D eigenvalue weighted by molar-refractivity contribution is 7.99. The molecule has 1 heterocycles. The van der Waals surface area contributed by atoms with Gasteiger partial charge < -0.3 is 14.4 Å². The fraction of sp³-hybridized carbons (Fsp3) is 0.500. The van der Waals surface area contributed by atoms with Gasteiger partial charge in [0.2, 0.25) is 11.1 Å². The Labute approximate surface area is 158 Å². The van der Waals surface area contributed by atoms with E-state index >= 15 is 0 Å². The third kappa shape index (κ3) is 5.39. The first kappa shape index (κ1) is 20.1. The molecule has 0 unspecified atom stereocenters. The zero-order chi connectivity index (χ0) is 18.9. The third-order valence-corrected chi connectivity index (χ3v) is 4.71. The lowest BCUT2D eigenvalue weighted by atomic mass is 10.2. The van der Waals surface area contributed by atoms with Crippen molar-refractivity contribution in [2.45, 2.75) is 38.4 Å².